The maximum atomic E-state index is 12.0. The van der Waals surface area contributed by atoms with E-state index >= 15 is 0 Å². The molecule has 1 aromatic carbocycles. The lowest BCUT2D eigenvalue weighted by atomic mass is 10.1. The van der Waals surface area contributed by atoms with E-state index in [1.165, 1.54) is 0 Å². The van der Waals surface area contributed by atoms with E-state index in [0.717, 1.165) is 11.3 Å². The summed E-state index contributed by atoms with van der Waals surface area (Å²) in [6.45, 7) is 2.49. The molecule has 0 aliphatic carbocycles. The van der Waals surface area contributed by atoms with Gasteiger partial charge in [-0.1, -0.05) is 12.1 Å². The standard InChI is InChI=1S/C14H17N3OS/c1-4-17-13(18)12(15-14(17)19)9-10-5-7-11(8-6-10)16(2)3/h5-9H,4H2,1-3H3,(H,15,19)/b12-9+. The van der Waals surface area contributed by atoms with Crippen molar-refractivity contribution in [3.05, 3.63) is 35.5 Å². The molecule has 1 amide bonds. The fourth-order valence-corrected chi connectivity index (χ4v) is 2.22. The second kappa shape index (κ2) is 5.40. The molecule has 0 spiro atoms. The molecule has 0 bridgehead atoms. The molecule has 5 heteroatoms. The molecule has 0 atom stereocenters. The van der Waals surface area contributed by atoms with Gasteiger partial charge in [0, 0.05) is 26.3 Å². The highest BCUT2D eigenvalue weighted by Crippen LogP contribution is 2.17. The zero-order chi connectivity index (χ0) is 14.0. The van der Waals surface area contributed by atoms with E-state index in [0.29, 0.717) is 17.4 Å². The number of carbonyl (C=O) groups is 1. The molecule has 2 rings (SSSR count). The Bertz CT molecular complexity index is 534. The third kappa shape index (κ3) is 2.76. The normalized spacial score (nSPS) is 17.0. The van der Waals surface area contributed by atoms with Crippen LogP contribution in [-0.2, 0) is 4.79 Å². The largest absolute Gasteiger partial charge is 0.378 e. The smallest absolute Gasteiger partial charge is 0.276 e. The molecule has 19 heavy (non-hydrogen) atoms. The summed E-state index contributed by atoms with van der Waals surface area (Å²) in [4.78, 5) is 15.6. The number of nitrogens with zero attached hydrogens (tertiary/aromatic N) is 2. The summed E-state index contributed by atoms with van der Waals surface area (Å²) < 4.78 is 0. The van der Waals surface area contributed by atoms with Gasteiger partial charge in [0.25, 0.3) is 5.91 Å². The van der Waals surface area contributed by atoms with Crippen molar-refractivity contribution in [2.45, 2.75) is 6.92 Å². The molecule has 1 N–H and O–H groups in total. The van der Waals surface area contributed by atoms with Crippen molar-refractivity contribution in [2.24, 2.45) is 0 Å². The third-order valence-corrected chi connectivity index (χ3v) is 3.32. The number of amides is 1. The second-order valence-electron chi connectivity index (χ2n) is 4.52. The molecule has 1 aliphatic heterocycles. The first kappa shape index (κ1) is 13.5. The Balaban J connectivity index is 2.22. The van der Waals surface area contributed by atoms with Crippen molar-refractivity contribution >= 4 is 35.0 Å². The van der Waals surface area contributed by atoms with Gasteiger partial charge in [0.15, 0.2) is 5.11 Å². The fraction of sp³-hybridized carbons (Fsp3) is 0.286. The van der Waals surface area contributed by atoms with Crippen LogP contribution in [0.3, 0.4) is 0 Å². The number of nitrogens with one attached hydrogen (secondary N) is 1. The number of thiocarbonyl (C=S) groups is 1. The Labute approximate surface area is 118 Å². The first-order valence-electron chi connectivity index (χ1n) is 6.15. The molecule has 0 unspecified atom stereocenters. The van der Waals surface area contributed by atoms with Crippen LogP contribution in [0.15, 0.2) is 30.0 Å². The van der Waals surface area contributed by atoms with Crippen molar-refractivity contribution < 1.29 is 4.79 Å². The number of hydrogen-bond donors (Lipinski definition) is 1. The van der Waals surface area contributed by atoms with Crippen molar-refractivity contribution in [1.82, 2.24) is 10.2 Å². The number of anilines is 1. The van der Waals surface area contributed by atoms with Gasteiger partial charge in [-0.05, 0) is 42.9 Å². The molecule has 1 saturated heterocycles. The predicted molar refractivity (Wildman–Crippen MR) is 81.9 cm³/mol. The maximum Gasteiger partial charge on any atom is 0.276 e. The van der Waals surface area contributed by atoms with Crippen LogP contribution in [-0.4, -0.2) is 36.6 Å². The molecule has 1 aliphatic rings. The molecule has 4 nitrogen and oxygen atoms in total. The number of hydrogen-bond acceptors (Lipinski definition) is 3. The van der Waals surface area contributed by atoms with E-state index in [1.807, 2.05) is 56.3 Å². The van der Waals surface area contributed by atoms with Gasteiger partial charge in [-0.3, -0.25) is 9.69 Å². The van der Waals surface area contributed by atoms with Gasteiger partial charge in [0.05, 0.1) is 0 Å². The van der Waals surface area contributed by atoms with Crippen LogP contribution < -0.4 is 10.2 Å². The van der Waals surface area contributed by atoms with E-state index in [-0.39, 0.29) is 5.91 Å². The maximum absolute atomic E-state index is 12.0. The number of likely N-dealkylation sites (N-methyl/N-ethyl adjacent to an activating group) is 1. The molecular weight excluding hydrogens is 258 g/mol. The third-order valence-electron chi connectivity index (χ3n) is 3.00. The Kier molecular flexibility index (Phi) is 3.85. The van der Waals surface area contributed by atoms with Gasteiger partial charge in [0.1, 0.15) is 5.70 Å². The van der Waals surface area contributed by atoms with Crippen molar-refractivity contribution in [1.29, 1.82) is 0 Å². The van der Waals surface area contributed by atoms with Crippen molar-refractivity contribution in [3.8, 4) is 0 Å². The van der Waals surface area contributed by atoms with Crippen LogP contribution in [0, 0.1) is 0 Å². The highest BCUT2D eigenvalue weighted by molar-refractivity contribution is 7.80. The minimum absolute atomic E-state index is 0.0656. The fourth-order valence-electron chi connectivity index (χ4n) is 1.89. The van der Waals surface area contributed by atoms with Gasteiger partial charge in [-0.25, -0.2) is 0 Å². The van der Waals surface area contributed by atoms with Crippen LogP contribution in [0.5, 0.6) is 0 Å². The molecule has 0 saturated carbocycles. The Morgan fingerprint density at radius 3 is 2.42 bits per heavy atom. The minimum atomic E-state index is -0.0656. The van der Waals surface area contributed by atoms with Gasteiger partial charge >= 0.3 is 0 Å². The van der Waals surface area contributed by atoms with E-state index in [9.17, 15) is 4.79 Å². The first-order chi connectivity index (χ1) is 9.02. The van der Waals surface area contributed by atoms with Gasteiger partial charge in [0.2, 0.25) is 0 Å². The van der Waals surface area contributed by atoms with Crippen LogP contribution in [0.4, 0.5) is 5.69 Å². The van der Waals surface area contributed by atoms with Crippen molar-refractivity contribution in [2.75, 3.05) is 25.5 Å². The van der Waals surface area contributed by atoms with E-state index in [1.54, 1.807) is 4.90 Å². The summed E-state index contributed by atoms with van der Waals surface area (Å²) in [7, 11) is 3.99. The highest BCUT2D eigenvalue weighted by Gasteiger charge is 2.28. The zero-order valence-corrected chi connectivity index (χ0v) is 12.1. The molecule has 1 heterocycles. The summed E-state index contributed by atoms with van der Waals surface area (Å²) in [5, 5.41) is 3.42. The quantitative estimate of drug-likeness (QED) is 0.674. The van der Waals surface area contributed by atoms with Gasteiger partial charge in [-0.15, -0.1) is 0 Å². The molecule has 1 fully saturated rings. The Hall–Kier alpha value is -1.88. The minimum Gasteiger partial charge on any atom is -0.378 e. The molecule has 100 valence electrons. The predicted octanol–water partition coefficient (Wildman–Crippen LogP) is 1.83. The summed E-state index contributed by atoms with van der Waals surface area (Å²) in [5.41, 5.74) is 2.63. The zero-order valence-electron chi connectivity index (χ0n) is 11.3. The molecular formula is C14H17N3OS. The Morgan fingerprint density at radius 1 is 1.32 bits per heavy atom. The molecule has 1 aromatic rings. The average Bonchev–Trinajstić information content (AvgIpc) is 2.64. The van der Waals surface area contributed by atoms with Crippen molar-refractivity contribution in [3.63, 3.8) is 0 Å². The summed E-state index contributed by atoms with van der Waals surface area (Å²) in [5.74, 6) is -0.0656. The van der Waals surface area contributed by atoms with E-state index in [4.69, 9.17) is 12.2 Å². The monoisotopic (exact) mass is 275 g/mol. The highest BCUT2D eigenvalue weighted by atomic mass is 32.1. The van der Waals surface area contributed by atoms with Gasteiger partial charge < -0.3 is 10.2 Å². The summed E-state index contributed by atoms with van der Waals surface area (Å²) in [6, 6.07) is 7.99. The second-order valence-corrected chi connectivity index (χ2v) is 4.91. The SMILES string of the molecule is CCN1C(=O)/C(=C\c2ccc(N(C)C)cc2)NC1=S. The first-order valence-corrected chi connectivity index (χ1v) is 6.55. The topological polar surface area (TPSA) is 35.6 Å². The van der Waals surface area contributed by atoms with E-state index in [2.05, 4.69) is 5.32 Å². The lowest BCUT2D eigenvalue weighted by Gasteiger charge is -2.11. The lowest BCUT2D eigenvalue weighted by Crippen LogP contribution is -2.30. The summed E-state index contributed by atoms with van der Waals surface area (Å²) >= 11 is 5.11. The van der Waals surface area contributed by atoms with Crippen LogP contribution in [0.1, 0.15) is 12.5 Å². The van der Waals surface area contributed by atoms with Crippen LogP contribution >= 0.6 is 12.2 Å². The number of benzene rings is 1. The van der Waals surface area contributed by atoms with E-state index < -0.39 is 0 Å². The molecule has 0 aromatic heterocycles. The van der Waals surface area contributed by atoms with Gasteiger partial charge in [-0.2, -0.15) is 0 Å². The van der Waals surface area contributed by atoms with Crippen LogP contribution in [0.25, 0.3) is 6.08 Å². The average molecular weight is 275 g/mol. The molecule has 0 radical (unpaired) electrons. The Morgan fingerprint density at radius 2 is 1.95 bits per heavy atom. The number of rotatable bonds is 3. The summed E-state index contributed by atoms with van der Waals surface area (Å²) in [6.07, 6.45) is 1.82. The van der Waals surface area contributed by atoms with Crippen LogP contribution in [0.2, 0.25) is 0 Å². The lowest BCUT2D eigenvalue weighted by molar-refractivity contribution is -0.122. The number of carbonyl (C=O) groups excluding carboxylic acids is 1.